The number of hydrogen-bond acceptors (Lipinski definition) is 6. The molecular weight excluding hydrogens is 252 g/mol. The van der Waals surface area contributed by atoms with Crippen LogP contribution in [0.4, 0.5) is 0 Å². The van der Waals surface area contributed by atoms with E-state index in [1.54, 1.807) is 0 Å². The third-order valence-electron chi connectivity index (χ3n) is 3.34. The van der Waals surface area contributed by atoms with Gasteiger partial charge in [0.2, 0.25) is 0 Å². The topological polar surface area (TPSA) is 99.4 Å². The van der Waals surface area contributed by atoms with Crippen molar-refractivity contribution in [1.29, 1.82) is 0 Å². The van der Waals surface area contributed by atoms with Gasteiger partial charge in [0.05, 0.1) is 24.4 Å². The summed E-state index contributed by atoms with van der Waals surface area (Å²) in [6.07, 6.45) is -1.69. The van der Waals surface area contributed by atoms with E-state index in [1.165, 1.54) is 13.2 Å². The first-order valence-electron chi connectivity index (χ1n) is 6.51. The Morgan fingerprint density at radius 2 is 2.05 bits per heavy atom. The zero-order chi connectivity index (χ0) is 14.4. The molecule has 1 heterocycles. The quantitative estimate of drug-likeness (QED) is 0.470. The Morgan fingerprint density at radius 1 is 1.37 bits per heavy atom. The standard InChI is InChI=1S/C13H24O6/c1-3-8(14)6-9(15)4-5-12-10(16)7-11(17)13(18-2)19-12/h3,8-17H,1,4-7H2,2H3/t8-,9+,10+,11-,12+,13+/m0/s1. The fraction of sp³-hybridized carbons (Fsp3) is 0.846. The third kappa shape index (κ3) is 5.18. The second-order valence-corrected chi connectivity index (χ2v) is 4.92. The lowest BCUT2D eigenvalue weighted by atomic mass is 9.96. The molecule has 4 N–H and O–H groups in total. The molecule has 0 aromatic rings. The maximum absolute atomic E-state index is 9.81. The number of ether oxygens (including phenoxy) is 2. The molecule has 0 bridgehead atoms. The largest absolute Gasteiger partial charge is 0.393 e. The van der Waals surface area contributed by atoms with Gasteiger partial charge in [-0.2, -0.15) is 0 Å². The Hall–Kier alpha value is -0.500. The summed E-state index contributed by atoms with van der Waals surface area (Å²) in [5.41, 5.74) is 0. The highest BCUT2D eigenvalue weighted by atomic mass is 16.7. The van der Waals surface area contributed by atoms with Crippen LogP contribution in [0.25, 0.3) is 0 Å². The van der Waals surface area contributed by atoms with Crippen LogP contribution < -0.4 is 0 Å². The highest BCUT2D eigenvalue weighted by Gasteiger charge is 2.36. The molecule has 1 aliphatic rings. The van der Waals surface area contributed by atoms with Crippen LogP contribution in [0.3, 0.4) is 0 Å². The van der Waals surface area contributed by atoms with Crippen molar-refractivity contribution in [3.8, 4) is 0 Å². The van der Waals surface area contributed by atoms with E-state index < -0.39 is 36.8 Å². The summed E-state index contributed by atoms with van der Waals surface area (Å²) in [4.78, 5) is 0. The molecule has 1 aliphatic heterocycles. The highest BCUT2D eigenvalue weighted by molar-refractivity contribution is 4.83. The normalized spacial score (nSPS) is 34.8. The Morgan fingerprint density at radius 3 is 2.63 bits per heavy atom. The van der Waals surface area contributed by atoms with Crippen molar-refractivity contribution in [2.75, 3.05) is 7.11 Å². The maximum Gasteiger partial charge on any atom is 0.183 e. The van der Waals surface area contributed by atoms with Crippen LogP contribution in [0.15, 0.2) is 12.7 Å². The van der Waals surface area contributed by atoms with Gasteiger partial charge >= 0.3 is 0 Å². The van der Waals surface area contributed by atoms with E-state index in [0.29, 0.717) is 12.8 Å². The molecule has 1 saturated heterocycles. The maximum atomic E-state index is 9.81. The summed E-state index contributed by atoms with van der Waals surface area (Å²) < 4.78 is 10.4. The van der Waals surface area contributed by atoms with Crippen LogP contribution in [0.5, 0.6) is 0 Å². The van der Waals surface area contributed by atoms with E-state index in [4.69, 9.17) is 9.47 Å². The molecule has 0 amide bonds. The lowest BCUT2D eigenvalue weighted by Crippen LogP contribution is -2.48. The van der Waals surface area contributed by atoms with Crippen molar-refractivity contribution in [3.05, 3.63) is 12.7 Å². The first kappa shape index (κ1) is 16.6. The van der Waals surface area contributed by atoms with E-state index in [1.807, 2.05) is 0 Å². The fourth-order valence-electron chi connectivity index (χ4n) is 2.19. The molecule has 6 heteroatoms. The van der Waals surface area contributed by atoms with Gasteiger partial charge in [0.1, 0.15) is 6.10 Å². The van der Waals surface area contributed by atoms with Crippen molar-refractivity contribution in [2.45, 2.75) is 62.5 Å². The smallest absolute Gasteiger partial charge is 0.183 e. The first-order chi connectivity index (χ1) is 8.97. The molecular formula is C13H24O6. The Balaban J connectivity index is 2.37. The van der Waals surface area contributed by atoms with E-state index >= 15 is 0 Å². The molecule has 0 radical (unpaired) electrons. The van der Waals surface area contributed by atoms with E-state index in [0.717, 1.165) is 0 Å². The van der Waals surface area contributed by atoms with Gasteiger partial charge in [0, 0.05) is 20.0 Å². The zero-order valence-electron chi connectivity index (χ0n) is 11.2. The van der Waals surface area contributed by atoms with Gasteiger partial charge in [-0.25, -0.2) is 0 Å². The summed E-state index contributed by atoms with van der Waals surface area (Å²) in [5.74, 6) is 0. The SMILES string of the molecule is C=C[C@H](O)C[C@H](O)CC[C@H]1O[C@@H](OC)[C@@H](O)C[C@H]1O. The van der Waals surface area contributed by atoms with E-state index in [9.17, 15) is 20.4 Å². The van der Waals surface area contributed by atoms with Crippen LogP contribution in [-0.2, 0) is 9.47 Å². The van der Waals surface area contributed by atoms with Crippen molar-refractivity contribution in [1.82, 2.24) is 0 Å². The van der Waals surface area contributed by atoms with Crippen molar-refractivity contribution in [3.63, 3.8) is 0 Å². The lowest BCUT2D eigenvalue weighted by molar-refractivity contribution is -0.257. The van der Waals surface area contributed by atoms with Gasteiger partial charge in [-0.3, -0.25) is 0 Å². The lowest BCUT2D eigenvalue weighted by Gasteiger charge is -2.36. The van der Waals surface area contributed by atoms with Crippen LogP contribution in [0.2, 0.25) is 0 Å². The molecule has 1 rings (SSSR count). The third-order valence-corrected chi connectivity index (χ3v) is 3.34. The van der Waals surface area contributed by atoms with Crippen LogP contribution in [0, 0.1) is 0 Å². The Labute approximate surface area is 113 Å². The number of aliphatic hydroxyl groups excluding tert-OH is 4. The summed E-state index contributed by atoms with van der Waals surface area (Å²) in [6.45, 7) is 3.43. The van der Waals surface area contributed by atoms with Crippen molar-refractivity contribution < 1.29 is 29.9 Å². The minimum absolute atomic E-state index is 0.189. The summed E-state index contributed by atoms with van der Waals surface area (Å²) in [7, 11) is 1.43. The minimum Gasteiger partial charge on any atom is -0.393 e. The van der Waals surface area contributed by atoms with E-state index in [-0.39, 0.29) is 12.8 Å². The molecule has 6 nitrogen and oxygen atoms in total. The second kappa shape index (κ2) is 7.94. The average molecular weight is 276 g/mol. The van der Waals surface area contributed by atoms with Crippen LogP contribution >= 0.6 is 0 Å². The second-order valence-electron chi connectivity index (χ2n) is 4.92. The molecule has 1 fully saturated rings. The average Bonchev–Trinajstić information content (AvgIpc) is 2.37. The molecule has 112 valence electrons. The monoisotopic (exact) mass is 276 g/mol. The number of aliphatic hydroxyl groups is 4. The number of rotatable bonds is 7. The van der Waals surface area contributed by atoms with Crippen LogP contribution in [-0.4, -0.2) is 64.3 Å². The van der Waals surface area contributed by atoms with Crippen molar-refractivity contribution >= 4 is 0 Å². The molecule has 6 atom stereocenters. The molecule has 0 saturated carbocycles. The molecule has 19 heavy (non-hydrogen) atoms. The molecule has 0 unspecified atom stereocenters. The Bertz CT molecular complexity index is 272. The van der Waals surface area contributed by atoms with Gasteiger partial charge in [-0.1, -0.05) is 6.08 Å². The summed E-state index contributed by atoms with van der Waals surface area (Å²) >= 11 is 0. The van der Waals surface area contributed by atoms with E-state index in [2.05, 4.69) is 6.58 Å². The highest BCUT2D eigenvalue weighted by Crippen LogP contribution is 2.24. The number of hydrogen-bond donors (Lipinski definition) is 4. The Kier molecular flexibility index (Phi) is 6.92. The fourth-order valence-corrected chi connectivity index (χ4v) is 2.19. The first-order valence-corrected chi connectivity index (χ1v) is 6.51. The summed E-state index contributed by atoms with van der Waals surface area (Å²) in [5, 5.41) is 38.4. The zero-order valence-corrected chi connectivity index (χ0v) is 11.2. The predicted molar refractivity (Wildman–Crippen MR) is 68.4 cm³/mol. The van der Waals surface area contributed by atoms with Gasteiger partial charge < -0.3 is 29.9 Å². The van der Waals surface area contributed by atoms with Crippen LogP contribution in [0.1, 0.15) is 25.7 Å². The summed E-state index contributed by atoms with van der Waals surface area (Å²) in [6, 6.07) is 0. The number of methoxy groups -OCH3 is 1. The van der Waals surface area contributed by atoms with Gasteiger partial charge in [-0.05, 0) is 12.8 Å². The molecule has 0 spiro atoms. The van der Waals surface area contributed by atoms with Gasteiger partial charge in [0.15, 0.2) is 6.29 Å². The molecule has 0 aliphatic carbocycles. The molecule has 0 aromatic heterocycles. The molecule has 0 aromatic carbocycles. The van der Waals surface area contributed by atoms with Gasteiger partial charge in [0.25, 0.3) is 0 Å². The van der Waals surface area contributed by atoms with Gasteiger partial charge in [-0.15, -0.1) is 6.58 Å². The predicted octanol–water partition coefficient (Wildman–Crippen LogP) is -0.452. The minimum atomic E-state index is -0.844. The van der Waals surface area contributed by atoms with Crippen molar-refractivity contribution in [2.24, 2.45) is 0 Å².